The molecule has 1 nitrogen and oxygen atoms in total. The van der Waals surface area contributed by atoms with Crippen molar-refractivity contribution in [2.75, 3.05) is 5.88 Å². The number of carbonyl (C=O) groups excluding carboxylic acids is 1. The van der Waals surface area contributed by atoms with Crippen LogP contribution in [-0.4, -0.2) is 11.7 Å². The lowest BCUT2D eigenvalue weighted by atomic mass is 10.1. The Bertz CT molecular complexity index is 102. The summed E-state index contributed by atoms with van der Waals surface area (Å²) in [7, 11) is 0. The van der Waals surface area contributed by atoms with Crippen molar-refractivity contribution in [3.8, 4) is 0 Å². The topological polar surface area (TPSA) is 17.1 Å². The molecule has 0 radical (unpaired) electrons. The van der Waals surface area contributed by atoms with E-state index in [1.54, 1.807) is 0 Å². The standard InChI is InChI=1S/C9H17ClO/c1-2-3-6-9(11)7-4-5-8-10/h2-8H2,1H3. The molecule has 0 N–H and O–H groups in total. The van der Waals surface area contributed by atoms with E-state index in [1.807, 2.05) is 0 Å². The maximum absolute atomic E-state index is 11.0. The summed E-state index contributed by atoms with van der Waals surface area (Å²) in [5, 5.41) is 0. The Hall–Kier alpha value is -0.0400. The average molecular weight is 177 g/mol. The normalized spacial score (nSPS) is 10.0. The van der Waals surface area contributed by atoms with E-state index >= 15 is 0 Å². The fourth-order valence-electron chi connectivity index (χ4n) is 0.916. The van der Waals surface area contributed by atoms with Crippen molar-refractivity contribution in [2.24, 2.45) is 0 Å². The van der Waals surface area contributed by atoms with E-state index in [9.17, 15) is 4.79 Å². The third-order valence-electron chi connectivity index (χ3n) is 1.65. The molecule has 0 rings (SSSR count). The number of hydrogen-bond donors (Lipinski definition) is 0. The maximum Gasteiger partial charge on any atom is 0.132 e. The molecule has 2 heteroatoms. The number of ketones is 1. The molecule has 0 aromatic heterocycles. The Morgan fingerprint density at radius 1 is 1.18 bits per heavy atom. The molecule has 0 aromatic carbocycles. The van der Waals surface area contributed by atoms with Crippen LogP contribution >= 0.6 is 11.6 Å². The molecule has 0 aliphatic heterocycles. The maximum atomic E-state index is 11.0. The van der Waals surface area contributed by atoms with Crippen molar-refractivity contribution >= 4 is 17.4 Å². The van der Waals surface area contributed by atoms with Crippen LogP contribution in [0, 0.1) is 0 Å². The molecule has 0 unspecified atom stereocenters. The number of hydrogen-bond acceptors (Lipinski definition) is 1. The molecular formula is C9H17ClO. The Morgan fingerprint density at radius 3 is 2.36 bits per heavy atom. The highest BCUT2D eigenvalue weighted by Crippen LogP contribution is 2.03. The van der Waals surface area contributed by atoms with Gasteiger partial charge in [0.15, 0.2) is 0 Å². The van der Waals surface area contributed by atoms with E-state index in [4.69, 9.17) is 11.6 Å². The summed E-state index contributed by atoms with van der Waals surface area (Å²) in [5.41, 5.74) is 0. The Kier molecular flexibility index (Phi) is 8.03. The van der Waals surface area contributed by atoms with E-state index in [2.05, 4.69) is 6.92 Å². The van der Waals surface area contributed by atoms with Crippen LogP contribution in [0.15, 0.2) is 0 Å². The summed E-state index contributed by atoms with van der Waals surface area (Å²) in [5.74, 6) is 1.08. The monoisotopic (exact) mass is 176 g/mol. The van der Waals surface area contributed by atoms with Gasteiger partial charge in [0.1, 0.15) is 5.78 Å². The molecule has 0 aliphatic carbocycles. The summed E-state index contributed by atoms with van der Waals surface area (Å²) < 4.78 is 0. The number of rotatable bonds is 7. The molecular weight excluding hydrogens is 160 g/mol. The fourth-order valence-corrected chi connectivity index (χ4v) is 1.10. The van der Waals surface area contributed by atoms with Crippen LogP contribution in [0.3, 0.4) is 0 Å². The van der Waals surface area contributed by atoms with E-state index in [1.165, 1.54) is 0 Å². The zero-order chi connectivity index (χ0) is 8.53. The summed E-state index contributed by atoms with van der Waals surface area (Å²) in [4.78, 5) is 11.0. The molecule has 0 saturated carbocycles. The summed E-state index contributed by atoms with van der Waals surface area (Å²) in [6.07, 6.45) is 5.58. The Labute approximate surface area is 74.1 Å². The van der Waals surface area contributed by atoms with Gasteiger partial charge in [0.25, 0.3) is 0 Å². The third-order valence-corrected chi connectivity index (χ3v) is 1.92. The van der Waals surface area contributed by atoms with Crippen molar-refractivity contribution < 1.29 is 4.79 Å². The lowest BCUT2D eigenvalue weighted by Crippen LogP contribution is -1.97. The first kappa shape index (κ1) is 11.0. The smallest absolute Gasteiger partial charge is 0.132 e. The van der Waals surface area contributed by atoms with E-state index in [0.29, 0.717) is 11.7 Å². The van der Waals surface area contributed by atoms with Gasteiger partial charge in [-0.2, -0.15) is 0 Å². The number of alkyl halides is 1. The zero-order valence-corrected chi connectivity index (χ0v) is 7.99. The lowest BCUT2D eigenvalue weighted by Gasteiger charge is -1.97. The molecule has 0 heterocycles. The van der Waals surface area contributed by atoms with E-state index in [-0.39, 0.29) is 0 Å². The van der Waals surface area contributed by atoms with Gasteiger partial charge in [-0.15, -0.1) is 11.6 Å². The minimum Gasteiger partial charge on any atom is -0.300 e. The van der Waals surface area contributed by atoms with Crippen molar-refractivity contribution in [3.63, 3.8) is 0 Å². The second-order valence-corrected chi connectivity index (χ2v) is 3.17. The first-order valence-corrected chi connectivity index (χ1v) is 4.92. The van der Waals surface area contributed by atoms with Gasteiger partial charge in [0, 0.05) is 18.7 Å². The molecule has 0 saturated heterocycles. The molecule has 0 spiro atoms. The molecule has 11 heavy (non-hydrogen) atoms. The third kappa shape index (κ3) is 7.86. The minimum atomic E-state index is 0.400. The zero-order valence-electron chi connectivity index (χ0n) is 7.24. The highest BCUT2D eigenvalue weighted by molar-refractivity contribution is 6.17. The van der Waals surface area contributed by atoms with Gasteiger partial charge in [-0.3, -0.25) is 4.79 Å². The van der Waals surface area contributed by atoms with Crippen LogP contribution in [0.25, 0.3) is 0 Å². The van der Waals surface area contributed by atoms with Gasteiger partial charge in [-0.25, -0.2) is 0 Å². The van der Waals surface area contributed by atoms with Crippen molar-refractivity contribution in [1.82, 2.24) is 0 Å². The molecule has 0 aliphatic rings. The first-order chi connectivity index (χ1) is 5.31. The second-order valence-electron chi connectivity index (χ2n) is 2.79. The predicted molar refractivity (Wildman–Crippen MR) is 49.1 cm³/mol. The highest BCUT2D eigenvalue weighted by atomic mass is 35.5. The van der Waals surface area contributed by atoms with Gasteiger partial charge >= 0.3 is 0 Å². The molecule has 0 bridgehead atoms. The SMILES string of the molecule is CCCCC(=O)CCCCCl. The summed E-state index contributed by atoms with van der Waals surface area (Å²) >= 11 is 5.48. The molecule has 66 valence electrons. The van der Waals surface area contributed by atoms with Crippen LogP contribution in [-0.2, 0) is 4.79 Å². The molecule has 0 amide bonds. The van der Waals surface area contributed by atoms with Gasteiger partial charge in [-0.1, -0.05) is 13.3 Å². The molecule has 0 fully saturated rings. The van der Waals surface area contributed by atoms with Crippen LogP contribution < -0.4 is 0 Å². The van der Waals surface area contributed by atoms with Crippen LogP contribution in [0.1, 0.15) is 45.4 Å². The summed E-state index contributed by atoms with van der Waals surface area (Å²) in [6.45, 7) is 2.10. The number of unbranched alkanes of at least 4 members (excludes halogenated alkanes) is 2. The first-order valence-electron chi connectivity index (χ1n) is 4.39. The Balaban J connectivity index is 3.09. The van der Waals surface area contributed by atoms with Gasteiger partial charge < -0.3 is 0 Å². The second kappa shape index (κ2) is 8.06. The largest absolute Gasteiger partial charge is 0.300 e. The van der Waals surface area contributed by atoms with Crippen molar-refractivity contribution in [3.05, 3.63) is 0 Å². The van der Waals surface area contributed by atoms with E-state index in [0.717, 1.165) is 38.5 Å². The average Bonchev–Trinajstić information content (AvgIpc) is 2.01. The highest BCUT2D eigenvalue weighted by Gasteiger charge is 1.99. The predicted octanol–water partition coefficient (Wildman–Crippen LogP) is 3.15. The van der Waals surface area contributed by atoms with Crippen LogP contribution in [0.4, 0.5) is 0 Å². The lowest BCUT2D eigenvalue weighted by molar-refractivity contribution is -0.119. The van der Waals surface area contributed by atoms with Crippen LogP contribution in [0.5, 0.6) is 0 Å². The fraction of sp³-hybridized carbons (Fsp3) is 0.889. The van der Waals surface area contributed by atoms with Gasteiger partial charge in [0.2, 0.25) is 0 Å². The summed E-state index contributed by atoms with van der Waals surface area (Å²) in [6, 6.07) is 0. The number of carbonyl (C=O) groups is 1. The minimum absolute atomic E-state index is 0.400. The molecule has 0 aromatic rings. The van der Waals surface area contributed by atoms with Crippen molar-refractivity contribution in [2.45, 2.75) is 45.4 Å². The van der Waals surface area contributed by atoms with Gasteiger partial charge in [0.05, 0.1) is 0 Å². The number of Topliss-reactive ketones (excluding diaryl/α,β-unsaturated/α-hetero) is 1. The van der Waals surface area contributed by atoms with Crippen LogP contribution in [0.2, 0.25) is 0 Å². The number of halogens is 1. The Morgan fingerprint density at radius 2 is 1.82 bits per heavy atom. The molecule has 0 atom stereocenters. The van der Waals surface area contributed by atoms with E-state index < -0.39 is 0 Å². The van der Waals surface area contributed by atoms with Crippen molar-refractivity contribution in [1.29, 1.82) is 0 Å². The van der Waals surface area contributed by atoms with Gasteiger partial charge in [-0.05, 0) is 19.3 Å². The quantitative estimate of drug-likeness (QED) is 0.430.